The van der Waals surface area contributed by atoms with Crippen LogP contribution in [0.1, 0.15) is 39.8 Å². The lowest BCUT2D eigenvalue weighted by Crippen LogP contribution is -2.23. The van der Waals surface area contributed by atoms with Crippen LogP contribution >= 0.6 is 11.3 Å². The molecule has 0 amide bonds. The average Bonchev–Trinajstić information content (AvgIpc) is 3.19. The van der Waals surface area contributed by atoms with Gasteiger partial charge in [-0.05, 0) is 48.5 Å². The number of H-pyrrole nitrogens is 1. The summed E-state index contributed by atoms with van der Waals surface area (Å²) in [7, 11) is 1.43. The Balaban J connectivity index is 1.77. The van der Waals surface area contributed by atoms with Crippen LogP contribution in [0.25, 0.3) is 0 Å². The summed E-state index contributed by atoms with van der Waals surface area (Å²) in [5.41, 5.74) is 2.33. The van der Waals surface area contributed by atoms with Gasteiger partial charge in [-0.2, -0.15) is 0 Å². The number of aromatic amines is 1. The van der Waals surface area contributed by atoms with Gasteiger partial charge in [0.2, 0.25) is 0 Å². The van der Waals surface area contributed by atoms with Crippen LogP contribution in [0.15, 0.2) is 29.8 Å². The van der Waals surface area contributed by atoms with Gasteiger partial charge in [0.05, 0.1) is 13.2 Å². The number of nitrogens with zero attached hydrogens (tertiary/aromatic N) is 1. The molecule has 0 unspecified atom stereocenters. The van der Waals surface area contributed by atoms with Crippen molar-refractivity contribution in [2.75, 3.05) is 13.7 Å². The summed E-state index contributed by atoms with van der Waals surface area (Å²) in [4.78, 5) is 18.2. The third kappa shape index (κ3) is 2.51. The number of carbonyl (C=O) groups excluding carboxylic acids is 1. The first-order valence-corrected chi connectivity index (χ1v) is 7.69. The minimum atomic E-state index is -0.231. The molecule has 1 fully saturated rings. The first-order chi connectivity index (χ1) is 9.79. The zero-order valence-corrected chi connectivity index (χ0v) is 12.3. The summed E-state index contributed by atoms with van der Waals surface area (Å²) in [6.45, 7) is 1.87. The van der Waals surface area contributed by atoms with Gasteiger partial charge >= 0.3 is 5.97 Å². The fraction of sp³-hybridized carbons (Fsp3) is 0.400. The van der Waals surface area contributed by atoms with E-state index in [1.807, 2.05) is 23.7 Å². The molecule has 0 saturated carbocycles. The smallest absolute Gasteiger partial charge is 0.348 e. The maximum atomic E-state index is 11.7. The van der Waals surface area contributed by atoms with Crippen molar-refractivity contribution in [3.05, 3.63) is 45.9 Å². The Bertz CT molecular complexity index is 576. The van der Waals surface area contributed by atoms with Crippen molar-refractivity contribution in [2.45, 2.75) is 25.4 Å². The van der Waals surface area contributed by atoms with E-state index in [1.54, 1.807) is 0 Å². The lowest BCUT2D eigenvalue weighted by molar-refractivity contribution is 0.0604. The van der Waals surface area contributed by atoms with Gasteiger partial charge in [0, 0.05) is 18.4 Å². The number of carbonyl (C=O) groups is 1. The predicted molar refractivity (Wildman–Crippen MR) is 78.8 cm³/mol. The van der Waals surface area contributed by atoms with Gasteiger partial charge in [-0.25, -0.2) is 4.79 Å². The largest absolute Gasteiger partial charge is 0.465 e. The van der Waals surface area contributed by atoms with E-state index in [0.29, 0.717) is 6.04 Å². The van der Waals surface area contributed by atoms with Crippen molar-refractivity contribution >= 4 is 17.3 Å². The van der Waals surface area contributed by atoms with Crippen molar-refractivity contribution in [3.8, 4) is 0 Å². The lowest BCUT2D eigenvalue weighted by atomic mass is 10.1. The lowest BCUT2D eigenvalue weighted by Gasteiger charge is -2.23. The molecule has 2 aromatic heterocycles. The van der Waals surface area contributed by atoms with Crippen LogP contribution < -0.4 is 0 Å². The third-order valence-electron chi connectivity index (χ3n) is 3.84. The first kappa shape index (κ1) is 13.4. The normalized spacial score (nSPS) is 19.4. The van der Waals surface area contributed by atoms with Gasteiger partial charge < -0.3 is 9.72 Å². The first-order valence-electron chi connectivity index (χ1n) is 6.81. The molecule has 3 heterocycles. The molecule has 3 rings (SSSR count). The monoisotopic (exact) mass is 290 g/mol. The molecule has 106 valence electrons. The summed E-state index contributed by atoms with van der Waals surface area (Å²) in [5, 5.41) is 1.96. The molecule has 0 spiro atoms. The second kappa shape index (κ2) is 5.81. The highest BCUT2D eigenvalue weighted by Gasteiger charge is 2.28. The minimum Gasteiger partial charge on any atom is -0.465 e. The van der Waals surface area contributed by atoms with Crippen molar-refractivity contribution in [3.63, 3.8) is 0 Å². The molecular weight excluding hydrogens is 272 g/mol. The average molecular weight is 290 g/mol. The number of nitrogens with one attached hydrogen (secondary N) is 1. The molecule has 20 heavy (non-hydrogen) atoms. The summed E-state index contributed by atoms with van der Waals surface area (Å²) in [6, 6.07) is 6.63. The van der Waals surface area contributed by atoms with Crippen LogP contribution in [-0.2, 0) is 11.3 Å². The van der Waals surface area contributed by atoms with Crippen LogP contribution in [0.2, 0.25) is 0 Å². The van der Waals surface area contributed by atoms with Gasteiger partial charge in [0.15, 0.2) is 0 Å². The molecule has 4 nitrogen and oxygen atoms in total. The zero-order chi connectivity index (χ0) is 13.9. The van der Waals surface area contributed by atoms with E-state index < -0.39 is 0 Å². The van der Waals surface area contributed by atoms with Gasteiger partial charge in [0.25, 0.3) is 0 Å². The topological polar surface area (TPSA) is 45.3 Å². The van der Waals surface area contributed by atoms with E-state index in [1.165, 1.54) is 30.6 Å². The molecule has 5 heteroatoms. The number of ether oxygens (including phenoxy) is 1. The number of aromatic nitrogens is 1. The van der Waals surface area contributed by atoms with E-state index in [2.05, 4.69) is 16.0 Å². The molecule has 2 aromatic rings. The summed E-state index contributed by atoms with van der Waals surface area (Å²) < 4.78 is 4.85. The Morgan fingerprint density at radius 2 is 2.45 bits per heavy atom. The maximum Gasteiger partial charge on any atom is 0.348 e. The number of methoxy groups -OCH3 is 1. The number of hydrogen-bond acceptors (Lipinski definition) is 4. The zero-order valence-electron chi connectivity index (χ0n) is 11.5. The van der Waals surface area contributed by atoms with Crippen LogP contribution in [0, 0.1) is 0 Å². The second-order valence-electron chi connectivity index (χ2n) is 5.02. The summed E-state index contributed by atoms with van der Waals surface area (Å²) in [6.07, 6.45) is 4.33. The molecule has 0 aliphatic carbocycles. The standard InChI is InChI=1S/C15H18N2O2S/c1-19-15(18)14-11(6-9-20-14)10-17-8-3-5-13(17)12-4-2-7-16-12/h2,4,6-7,9,13,16H,3,5,8,10H2,1H3/t13-/m1/s1. The molecule has 0 aromatic carbocycles. The quantitative estimate of drug-likeness (QED) is 0.880. The molecule has 0 radical (unpaired) electrons. The summed E-state index contributed by atoms with van der Waals surface area (Å²) >= 11 is 1.46. The SMILES string of the molecule is COC(=O)c1sccc1CN1CCC[C@@H]1c1ccc[nH]1. The van der Waals surface area contributed by atoms with E-state index in [4.69, 9.17) is 4.74 Å². The van der Waals surface area contributed by atoms with Gasteiger partial charge in [-0.3, -0.25) is 4.90 Å². The molecule has 1 aliphatic heterocycles. The fourth-order valence-corrected chi connectivity index (χ4v) is 3.70. The molecule has 1 saturated heterocycles. The molecule has 0 bridgehead atoms. The van der Waals surface area contributed by atoms with Crippen molar-refractivity contribution in [1.29, 1.82) is 0 Å². The van der Waals surface area contributed by atoms with E-state index in [0.717, 1.165) is 30.0 Å². The third-order valence-corrected chi connectivity index (χ3v) is 4.77. The minimum absolute atomic E-state index is 0.231. The predicted octanol–water partition coefficient (Wildman–Crippen LogP) is 3.20. The van der Waals surface area contributed by atoms with Crippen molar-refractivity contribution in [1.82, 2.24) is 9.88 Å². The number of rotatable bonds is 4. The Kier molecular flexibility index (Phi) is 3.89. The highest BCUT2D eigenvalue weighted by Crippen LogP contribution is 2.33. The number of esters is 1. The Morgan fingerprint density at radius 3 is 3.20 bits per heavy atom. The van der Waals surface area contributed by atoms with Gasteiger partial charge in [-0.15, -0.1) is 11.3 Å². The van der Waals surface area contributed by atoms with Crippen LogP contribution in [0.3, 0.4) is 0 Å². The van der Waals surface area contributed by atoms with Gasteiger partial charge in [0.1, 0.15) is 4.88 Å². The highest BCUT2D eigenvalue weighted by atomic mass is 32.1. The van der Waals surface area contributed by atoms with Crippen molar-refractivity contribution in [2.24, 2.45) is 0 Å². The van der Waals surface area contributed by atoms with Crippen molar-refractivity contribution < 1.29 is 9.53 Å². The Labute approximate surface area is 122 Å². The van der Waals surface area contributed by atoms with Gasteiger partial charge in [-0.1, -0.05) is 0 Å². The molecule has 1 atom stereocenters. The Morgan fingerprint density at radius 1 is 1.55 bits per heavy atom. The van der Waals surface area contributed by atoms with Crippen LogP contribution in [-0.4, -0.2) is 29.5 Å². The van der Waals surface area contributed by atoms with Crippen LogP contribution in [0.5, 0.6) is 0 Å². The molecule has 1 N–H and O–H groups in total. The van der Waals surface area contributed by atoms with Crippen LogP contribution in [0.4, 0.5) is 0 Å². The van der Waals surface area contributed by atoms with E-state index >= 15 is 0 Å². The number of hydrogen-bond donors (Lipinski definition) is 1. The fourth-order valence-electron chi connectivity index (χ4n) is 2.87. The number of likely N-dealkylation sites (tertiary alicyclic amines) is 1. The molecule has 1 aliphatic rings. The van der Waals surface area contributed by atoms with E-state index in [9.17, 15) is 4.79 Å². The Hall–Kier alpha value is -1.59. The maximum absolute atomic E-state index is 11.7. The second-order valence-corrected chi connectivity index (χ2v) is 5.94. The van der Waals surface area contributed by atoms with E-state index in [-0.39, 0.29) is 5.97 Å². The molecular formula is C15H18N2O2S. The summed E-state index contributed by atoms with van der Waals surface area (Å²) in [5.74, 6) is -0.231. The number of thiophene rings is 1. The highest BCUT2D eigenvalue weighted by molar-refractivity contribution is 7.12.